The molecule has 2 aromatic rings. The van der Waals surface area contributed by atoms with Gasteiger partial charge in [-0.25, -0.2) is 0 Å². The largest absolute Gasteiger partial charge is 0.127 e. The van der Waals surface area contributed by atoms with Crippen molar-refractivity contribution in [3.8, 4) is 22.8 Å². The molecule has 1 aromatic heterocycles. The van der Waals surface area contributed by atoms with E-state index in [0.717, 1.165) is 4.88 Å². The molecular formula is C13H10S. The van der Waals surface area contributed by atoms with Crippen molar-refractivity contribution in [2.75, 3.05) is 0 Å². The van der Waals surface area contributed by atoms with Crippen LogP contribution in [-0.4, -0.2) is 0 Å². The lowest BCUT2D eigenvalue weighted by Crippen LogP contribution is -1.72. The summed E-state index contributed by atoms with van der Waals surface area (Å²) in [4.78, 5) is 2.22. The first-order valence-electron chi connectivity index (χ1n) is 4.43. The van der Waals surface area contributed by atoms with Crippen molar-refractivity contribution in [3.63, 3.8) is 0 Å². The second-order valence-electron chi connectivity index (χ2n) is 3.17. The molecule has 0 N–H and O–H groups in total. The summed E-state index contributed by atoms with van der Waals surface area (Å²) in [5.41, 5.74) is 2.52. The highest BCUT2D eigenvalue weighted by Gasteiger charge is 2.00. The van der Waals surface area contributed by atoms with Crippen molar-refractivity contribution in [2.24, 2.45) is 0 Å². The maximum absolute atomic E-state index is 5.33. The zero-order valence-corrected chi connectivity index (χ0v) is 8.77. The summed E-state index contributed by atoms with van der Waals surface area (Å²) in [7, 11) is 0. The highest BCUT2D eigenvalue weighted by atomic mass is 32.1. The molecule has 0 saturated heterocycles. The van der Waals surface area contributed by atoms with Crippen molar-refractivity contribution in [1.29, 1.82) is 0 Å². The fourth-order valence-electron chi connectivity index (χ4n) is 1.29. The summed E-state index contributed by atoms with van der Waals surface area (Å²) in [5, 5.41) is 0. The molecule has 0 nitrogen and oxygen atoms in total. The molecule has 1 heteroatoms. The van der Waals surface area contributed by atoms with Gasteiger partial charge >= 0.3 is 0 Å². The van der Waals surface area contributed by atoms with Crippen LogP contribution in [-0.2, 0) is 0 Å². The Morgan fingerprint density at radius 3 is 2.36 bits per heavy atom. The van der Waals surface area contributed by atoms with Gasteiger partial charge in [-0.15, -0.1) is 17.8 Å². The molecule has 0 aliphatic heterocycles. The maximum Gasteiger partial charge on any atom is 0.0772 e. The predicted molar refractivity (Wildman–Crippen MR) is 62.4 cm³/mol. The molecule has 0 unspecified atom stereocenters. The Kier molecular flexibility index (Phi) is 2.39. The van der Waals surface area contributed by atoms with Gasteiger partial charge in [-0.3, -0.25) is 0 Å². The second kappa shape index (κ2) is 3.69. The summed E-state index contributed by atoms with van der Waals surface area (Å²) in [6.07, 6.45) is 5.33. The molecule has 0 amide bonds. The van der Waals surface area contributed by atoms with Gasteiger partial charge in [-0.2, -0.15) is 0 Å². The molecule has 0 radical (unpaired) electrons. The number of rotatable bonds is 1. The van der Waals surface area contributed by atoms with Crippen LogP contribution in [0.1, 0.15) is 10.4 Å². The van der Waals surface area contributed by atoms with E-state index in [-0.39, 0.29) is 0 Å². The van der Waals surface area contributed by atoms with E-state index in [2.05, 4.69) is 43.2 Å². The van der Waals surface area contributed by atoms with E-state index < -0.39 is 0 Å². The lowest BCUT2D eigenvalue weighted by molar-refractivity contribution is 1.48. The van der Waals surface area contributed by atoms with Crippen molar-refractivity contribution < 1.29 is 0 Å². The average molecular weight is 198 g/mol. The Hall–Kier alpha value is -1.52. The number of hydrogen-bond acceptors (Lipinski definition) is 1. The van der Waals surface area contributed by atoms with Crippen molar-refractivity contribution in [3.05, 3.63) is 46.8 Å². The van der Waals surface area contributed by atoms with Crippen LogP contribution in [0.2, 0.25) is 0 Å². The van der Waals surface area contributed by atoms with Gasteiger partial charge in [0.2, 0.25) is 0 Å². The SMILES string of the molecule is C#Cc1ccc(-c2ccc(C)cc2)s1. The Morgan fingerprint density at radius 1 is 1.07 bits per heavy atom. The lowest BCUT2D eigenvalue weighted by atomic mass is 10.1. The molecule has 14 heavy (non-hydrogen) atoms. The van der Waals surface area contributed by atoms with Crippen LogP contribution >= 0.6 is 11.3 Å². The third-order valence-electron chi connectivity index (χ3n) is 2.08. The first-order chi connectivity index (χ1) is 6.79. The molecule has 0 fully saturated rings. The van der Waals surface area contributed by atoms with Crippen molar-refractivity contribution in [2.45, 2.75) is 6.92 Å². The standard InChI is InChI=1S/C13H10S/c1-3-12-8-9-13(14-12)11-6-4-10(2)5-7-11/h1,4-9H,2H3. The van der Waals surface area contributed by atoms with Crippen LogP contribution in [0.5, 0.6) is 0 Å². The molecule has 0 aliphatic carbocycles. The summed E-state index contributed by atoms with van der Waals surface area (Å²) in [6, 6.07) is 12.5. The van der Waals surface area contributed by atoms with Crippen LogP contribution in [0.15, 0.2) is 36.4 Å². The molecular weight excluding hydrogens is 188 g/mol. The smallest absolute Gasteiger partial charge is 0.0772 e. The fourth-order valence-corrected chi connectivity index (χ4v) is 2.11. The van der Waals surface area contributed by atoms with Crippen LogP contribution in [0.4, 0.5) is 0 Å². The minimum Gasteiger partial charge on any atom is -0.127 e. The molecule has 0 spiro atoms. The topological polar surface area (TPSA) is 0 Å². The van der Waals surface area contributed by atoms with Crippen LogP contribution in [0.25, 0.3) is 10.4 Å². The molecule has 0 bridgehead atoms. The number of hydrogen-bond donors (Lipinski definition) is 0. The number of aryl methyl sites for hydroxylation is 1. The highest BCUT2D eigenvalue weighted by Crippen LogP contribution is 2.27. The van der Waals surface area contributed by atoms with E-state index in [9.17, 15) is 0 Å². The Balaban J connectivity index is 2.40. The Labute approximate surface area is 88.2 Å². The average Bonchev–Trinajstić information content (AvgIpc) is 2.67. The van der Waals surface area contributed by atoms with Gasteiger partial charge in [0.1, 0.15) is 0 Å². The maximum atomic E-state index is 5.33. The number of benzene rings is 1. The lowest BCUT2D eigenvalue weighted by Gasteiger charge is -1.96. The molecule has 0 aliphatic rings. The molecule has 68 valence electrons. The summed E-state index contributed by atoms with van der Waals surface area (Å²) in [6.45, 7) is 2.09. The first-order valence-corrected chi connectivity index (χ1v) is 5.25. The normalized spacial score (nSPS) is 9.71. The van der Waals surface area contributed by atoms with Gasteiger partial charge in [0, 0.05) is 4.88 Å². The van der Waals surface area contributed by atoms with E-state index in [1.165, 1.54) is 16.0 Å². The Morgan fingerprint density at radius 2 is 1.79 bits per heavy atom. The summed E-state index contributed by atoms with van der Waals surface area (Å²) in [5.74, 6) is 2.65. The van der Waals surface area contributed by atoms with E-state index in [1.807, 2.05) is 6.07 Å². The highest BCUT2D eigenvalue weighted by molar-refractivity contribution is 7.16. The van der Waals surface area contributed by atoms with Crippen molar-refractivity contribution >= 4 is 11.3 Å². The van der Waals surface area contributed by atoms with Gasteiger partial charge in [0.25, 0.3) is 0 Å². The summed E-state index contributed by atoms with van der Waals surface area (Å²) < 4.78 is 0. The van der Waals surface area contributed by atoms with Crippen molar-refractivity contribution in [1.82, 2.24) is 0 Å². The molecule has 2 rings (SSSR count). The third-order valence-corrected chi connectivity index (χ3v) is 3.15. The molecule has 0 saturated carbocycles. The van der Waals surface area contributed by atoms with Gasteiger partial charge < -0.3 is 0 Å². The van der Waals surface area contributed by atoms with Crippen LogP contribution in [0, 0.1) is 19.3 Å². The van der Waals surface area contributed by atoms with Crippen LogP contribution in [0.3, 0.4) is 0 Å². The zero-order valence-electron chi connectivity index (χ0n) is 7.95. The third kappa shape index (κ3) is 1.71. The first kappa shape index (κ1) is 9.05. The minimum absolute atomic E-state index is 0.987. The minimum atomic E-state index is 0.987. The molecule has 1 aromatic carbocycles. The van der Waals surface area contributed by atoms with E-state index in [0.29, 0.717) is 0 Å². The van der Waals surface area contributed by atoms with Gasteiger partial charge in [-0.1, -0.05) is 35.7 Å². The van der Waals surface area contributed by atoms with E-state index in [4.69, 9.17) is 6.42 Å². The van der Waals surface area contributed by atoms with E-state index in [1.54, 1.807) is 11.3 Å². The molecule has 1 heterocycles. The zero-order chi connectivity index (χ0) is 9.97. The number of terminal acetylenes is 1. The quantitative estimate of drug-likeness (QED) is 0.613. The number of thiophene rings is 1. The van der Waals surface area contributed by atoms with Gasteiger partial charge in [0.05, 0.1) is 4.88 Å². The molecule has 0 atom stereocenters. The second-order valence-corrected chi connectivity index (χ2v) is 4.26. The van der Waals surface area contributed by atoms with E-state index >= 15 is 0 Å². The van der Waals surface area contributed by atoms with Gasteiger partial charge in [0.15, 0.2) is 0 Å². The summed E-state index contributed by atoms with van der Waals surface area (Å²) >= 11 is 1.66. The Bertz CT molecular complexity index is 469. The monoisotopic (exact) mass is 198 g/mol. The fraction of sp³-hybridized carbons (Fsp3) is 0.0769. The van der Waals surface area contributed by atoms with Gasteiger partial charge in [-0.05, 0) is 24.6 Å². The van der Waals surface area contributed by atoms with Crippen LogP contribution < -0.4 is 0 Å². The predicted octanol–water partition coefficient (Wildman–Crippen LogP) is 3.70.